The third-order valence-electron chi connectivity index (χ3n) is 7.09. The Morgan fingerprint density at radius 2 is 1.67 bits per heavy atom. The molecule has 0 fully saturated rings. The Kier molecular flexibility index (Phi) is 7.74. The lowest BCUT2D eigenvalue weighted by Gasteiger charge is -2.33. The molecule has 4 heteroatoms. The number of benzene rings is 4. The van der Waals surface area contributed by atoms with E-state index in [0.29, 0.717) is 5.56 Å². The Hall–Kier alpha value is -4.04. The van der Waals surface area contributed by atoms with Crippen molar-refractivity contribution in [1.82, 2.24) is 0 Å². The van der Waals surface area contributed by atoms with Crippen LogP contribution in [0, 0.1) is 11.8 Å². The molecule has 0 aromatic heterocycles. The molecule has 0 bridgehead atoms. The van der Waals surface area contributed by atoms with Crippen LogP contribution in [0.15, 0.2) is 108 Å². The van der Waals surface area contributed by atoms with Crippen molar-refractivity contribution in [3.05, 3.63) is 142 Å². The monoisotopic (exact) mass is 530 g/mol. The van der Waals surface area contributed by atoms with Gasteiger partial charge in [0, 0.05) is 16.2 Å². The molecule has 1 aliphatic carbocycles. The van der Waals surface area contributed by atoms with Crippen molar-refractivity contribution in [3.63, 3.8) is 0 Å². The van der Waals surface area contributed by atoms with Gasteiger partial charge in [0.15, 0.2) is 0 Å². The number of carbonyl (C=O) groups is 1. The highest BCUT2D eigenvalue weighted by Gasteiger charge is 2.29. The Morgan fingerprint density at radius 1 is 0.949 bits per heavy atom. The van der Waals surface area contributed by atoms with Crippen LogP contribution in [0.5, 0.6) is 0 Å². The first-order valence-corrected chi connectivity index (χ1v) is 13.9. The van der Waals surface area contributed by atoms with Crippen LogP contribution in [-0.4, -0.2) is 16.2 Å². The molecular weight excluding hydrogens is 500 g/mol. The summed E-state index contributed by atoms with van der Waals surface area (Å²) in [6.45, 7) is 4.46. The third-order valence-corrected chi connectivity index (χ3v) is 8.18. The summed E-state index contributed by atoms with van der Waals surface area (Å²) in [5.74, 6) is 5.85. The second kappa shape index (κ2) is 11.4. The van der Waals surface area contributed by atoms with Gasteiger partial charge in [0.05, 0.1) is 5.56 Å². The van der Waals surface area contributed by atoms with Crippen LogP contribution in [0.4, 0.5) is 0 Å². The minimum absolute atomic E-state index is 0.0693. The van der Waals surface area contributed by atoms with Gasteiger partial charge in [-0.05, 0) is 81.6 Å². The van der Waals surface area contributed by atoms with Gasteiger partial charge in [-0.15, -0.1) is 11.8 Å². The SMILES string of the molecule is CC1(C)CC=C(c2ccc(SCc3ccccc3)cc2)c2ccc(C(O)C#Cc3ccc(C(=O)O)cc3)cc21. The van der Waals surface area contributed by atoms with Gasteiger partial charge in [-0.1, -0.05) is 92.4 Å². The van der Waals surface area contributed by atoms with Crippen molar-refractivity contribution >= 4 is 23.3 Å². The topological polar surface area (TPSA) is 57.5 Å². The molecule has 0 spiro atoms. The fourth-order valence-corrected chi connectivity index (χ4v) is 5.63. The van der Waals surface area contributed by atoms with Crippen molar-refractivity contribution < 1.29 is 15.0 Å². The number of allylic oxidation sites excluding steroid dienone is 1. The van der Waals surface area contributed by atoms with Crippen LogP contribution in [0.1, 0.15) is 70.1 Å². The Balaban J connectivity index is 1.35. The van der Waals surface area contributed by atoms with E-state index in [1.54, 1.807) is 12.1 Å². The average molecular weight is 531 g/mol. The van der Waals surface area contributed by atoms with Gasteiger partial charge < -0.3 is 10.2 Å². The fourth-order valence-electron chi connectivity index (χ4n) is 4.78. The van der Waals surface area contributed by atoms with Crippen LogP contribution in [0.25, 0.3) is 5.57 Å². The first-order valence-electron chi connectivity index (χ1n) is 13.0. The van der Waals surface area contributed by atoms with E-state index in [1.165, 1.54) is 44.9 Å². The first-order chi connectivity index (χ1) is 18.8. The van der Waals surface area contributed by atoms with E-state index < -0.39 is 12.1 Å². The zero-order valence-corrected chi connectivity index (χ0v) is 22.8. The quantitative estimate of drug-likeness (QED) is 0.197. The van der Waals surface area contributed by atoms with E-state index >= 15 is 0 Å². The maximum Gasteiger partial charge on any atom is 0.335 e. The van der Waals surface area contributed by atoms with Crippen molar-refractivity contribution in [2.24, 2.45) is 0 Å². The molecule has 4 aromatic carbocycles. The molecule has 1 aliphatic rings. The van der Waals surface area contributed by atoms with E-state index in [9.17, 15) is 9.90 Å². The fraction of sp³-hybridized carbons (Fsp3) is 0.171. The normalized spacial score (nSPS) is 14.4. The van der Waals surface area contributed by atoms with Crippen molar-refractivity contribution in [3.8, 4) is 11.8 Å². The lowest BCUT2D eigenvalue weighted by Crippen LogP contribution is -2.22. The molecule has 1 unspecified atom stereocenters. The highest BCUT2D eigenvalue weighted by Crippen LogP contribution is 2.42. The Labute approximate surface area is 234 Å². The van der Waals surface area contributed by atoms with E-state index in [0.717, 1.165) is 17.7 Å². The number of carboxylic acid groups (broad SMARTS) is 1. The van der Waals surface area contributed by atoms with Gasteiger partial charge >= 0.3 is 5.97 Å². The molecule has 2 N–H and O–H groups in total. The lowest BCUT2D eigenvalue weighted by atomic mass is 9.71. The van der Waals surface area contributed by atoms with E-state index in [1.807, 2.05) is 23.9 Å². The second-order valence-electron chi connectivity index (χ2n) is 10.4. The molecule has 0 amide bonds. The molecule has 194 valence electrons. The van der Waals surface area contributed by atoms with Crippen molar-refractivity contribution in [2.45, 2.75) is 42.4 Å². The molecule has 1 atom stereocenters. The molecule has 39 heavy (non-hydrogen) atoms. The summed E-state index contributed by atoms with van der Waals surface area (Å²) in [6, 6.07) is 31.8. The van der Waals surface area contributed by atoms with Gasteiger partial charge in [0.1, 0.15) is 6.10 Å². The van der Waals surface area contributed by atoms with Crippen molar-refractivity contribution in [2.75, 3.05) is 0 Å². The highest BCUT2D eigenvalue weighted by molar-refractivity contribution is 7.98. The molecular formula is C35H30O3S. The third kappa shape index (κ3) is 6.17. The molecule has 0 heterocycles. The summed E-state index contributed by atoms with van der Waals surface area (Å²) in [4.78, 5) is 12.3. The number of rotatable bonds is 6. The second-order valence-corrected chi connectivity index (χ2v) is 11.4. The van der Waals surface area contributed by atoms with Gasteiger partial charge in [-0.2, -0.15) is 0 Å². The van der Waals surface area contributed by atoms with E-state index in [-0.39, 0.29) is 11.0 Å². The molecule has 3 nitrogen and oxygen atoms in total. The largest absolute Gasteiger partial charge is 0.478 e. The zero-order valence-electron chi connectivity index (χ0n) is 22.0. The van der Waals surface area contributed by atoms with Gasteiger partial charge in [0.25, 0.3) is 0 Å². The molecule has 5 rings (SSSR count). The smallest absolute Gasteiger partial charge is 0.335 e. The van der Waals surface area contributed by atoms with Crippen LogP contribution in [0.3, 0.4) is 0 Å². The minimum atomic E-state index is -0.975. The molecule has 0 aliphatic heterocycles. The number of aliphatic hydroxyl groups is 1. The van der Waals surface area contributed by atoms with Crippen molar-refractivity contribution in [1.29, 1.82) is 0 Å². The van der Waals surface area contributed by atoms with Crippen LogP contribution in [0.2, 0.25) is 0 Å². The van der Waals surface area contributed by atoms with Crippen LogP contribution in [-0.2, 0) is 11.2 Å². The van der Waals surface area contributed by atoms with E-state index in [2.05, 4.69) is 92.4 Å². The Bertz CT molecular complexity index is 1570. The predicted octanol–water partition coefficient (Wildman–Crippen LogP) is 7.88. The average Bonchev–Trinajstić information content (AvgIpc) is 2.96. The van der Waals surface area contributed by atoms with Gasteiger partial charge in [-0.25, -0.2) is 4.79 Å². The maximum atomic E-state index is 11.1. The molecule has 4 aromatic rings. The summed E-state index contributed by atoms with van der Waals surface area (Å²) in [7, 11) is 0. The molecule has 0 saturated heterocycles. The van der Waals surface area contributed by atoms with Gasteiger partial charge in [-0.3, -0.25) is 0 Å². The van der Waals surface area contributed by atoms with Crippen LogP contribution < -0.4 is 0 Å². The molecule has 0 saturated carbocycles. The summed E-state index contributed by atoms with van der Waals surface area (Å²) in [5.41, 5.74) is 7.66. The number of fused-ring (bicyclic) bond motifs is 1. The Morgan fingerprint density at radius 3 is 2.36 bits per heavy atom. The standard InChI is InChI=1S/C35H30O3S/c1-35(2)21-20-30(26-13-16-29(17-14-26)39-23-25-6-4-3-5-7-25)31-18-15-28(22-32(31)35)33(36)19-10-24-8-11-27(12-9-24)34(37)38/h3-9,11-18,20,22,33,36H,21,23H2,1-2H3,(H,37,38). The first kappa shape index (κ1) is 26.6. The van der Waals surface area contributed by atoms with Gasteiger partial charge in [0.2, 0.25) is 0 Å². The number of hydrogen-bond acceptors (Lipinski definition) is 3. The summed E-state index contributed by atoms with van der Waals surface area (Å²) in [6.07, 6.45) is 2.28. The lowest BCUT2D eigenvalue weighted by molar-refractivity contribution is 0.0697. The number of thioether (sulfide) groups is 1. The van der Waals surface area contributed by atoms with E-state index in [4.69, 9.17) is 5.11 Å². The summed E-state index contributed by atoms with van der Waals surface area (Å²) in [5, 5.41) is 19.9. The highest BCUT2D eigenvalue weighted by atomic mass is 32.2. The molecule has 0 radical (unpaired) electrons. The number of carboxylic acids is 1. The zero-order chi connectivity index (χ0) is 27.4. The minimum Gasteiger partial charge on any atom is -0.478 e. The predicted molar refractivity (Wildman–Crippen MR) is 159 cm³/mol. The van der Waals surface area contributed by atoms with Crippen LogP contribution >= 0.6 is 11.8 Å². The number of hydrogen-bond donors (Lipinski definition) is 2. The number of aliphatic hydroxyl groups excluding tert-OH is 1. The summed E-state index contributed by atoms with van der Waals surface area (Å²) < 4.78 is 0. The maximum absolute atomic E-state index is 11.1. The number of aromatic carboxylic acids is 1. The summed E-state index contributed by atoms with van der Waals surface area (Å²) >= 11 is 1.84.